The Balaban J connectivity index is 1.56. The van der Waals surface area contributed by atoms with Gasteiger partial charge in [0.25, 0.3) is 11.6 Å². The minimum Gasteiger partial charge on any atom is -0.493 e. The average Bonchev–Trinajstić information content (AvgIpc) is 3.21. The second kappa shape index (κ2) is 10.5. The van der Waals surface area contributed by atoms with Gasteiger partial charge in [0, 0.05) is 17.0 Å². The largest absolute Gasteiger partial charge is 0.493 e. The Morgan fingerprint density at radius 3 is 2.41 bits per heavy atom. The lowest BCUT2D eigenvalue weighted by atomic mass is 10.1. The van der Waals surface area contributed by atoms with Crippen molar-refractivity contribution in [3.8, 4) is 17.2 Å². The summed E-state index contributed by atoms with van der Waals surface area (Å²) in [6.45, 7) is 0. The molecule has 0 atom stereocenters. The van der Waals surface area contributed by atoms with E-state index in [-0.39, 0.29) is 23.2 Å². The molecule has 1 fully saturated rings. The summed E-state index contributed by atoms with van der Waals surface area (Å²) in [7, 11) is 1.40. The summed E-state index contributed by atoms with van der Waals surface area (Å²) in [5, 5.41) is 24.6. The van der Waals surface area contributed by atoms with Crippen LogP contribution in [0.2, 0.25) is 0 Å². The monoisotopic (exact) mass is 559 g/mol. The van der Waals surface area contributed by atoms with E-state index in [2.05, 4.69) is 0 Å². The predicted octanol–water partition coefficient (Wildman–Crippen LogP) is 6.86. The molecule has 0 unspecified atom stereocenters. The van der Waals surface area contributed by atoms with Crippen LogP contribution in [0.3, 0.4) is 0 Å². The van der Waals surface area contributed by atoms with Gasteiger partial charge in [-0.05, 0) is 29.7 Å². The molecule has 1 amide bonds. The number of fused-ring (bicyclic) bond motifs is 1. The number of hydrogen-bond acceptors (Lipinski definition) is 9. The van der Waals surface area contributed by atoms with Crippen molar-refractivity contribution >= 4 is 68.1 Å². The molecule has 5 rings (SSSR count). The van der Waals surface area contributed by atoms with E-state index in [1.165, 1.54) is 12.0 Å². The second-order valence-corrected chi connectivity index (χ2v) is 9.84. The number of hydrogen-bond donors (Lipinski definition) is 0. The summed E-state index contributed by atoms with van der Waals surface area (Å²) in [5.41, 5.74) is -0.00205. The van der Waals surface area contributed by atoms with Crippen LogP contribution in [0.5, 0.6) is 17.2 Å². The lowest BCUT2D eigenvalue weighted by Crippen LogP contribution is -2.27. The summed E-state index contributed by atoms with van der Waals surface area (Å²) in [4.78, 5) is 36.6. The highest BCUT2D eigenvalue weighted by Crippen LogP contribution is 2.43. The first kappa shape index (κ1) is 25.8. The maximum absolute atomic E-state index is 13.6. The first-order valence-corrected chi connectivity index (χ1v) is 12.5. The summed E-state index contributed by atoms with van der Waals surface area (Å²) in [5.74, 6) is -0.238. The van der Waals surface area contributed by atoms with Gasteiger partial charge in [-0.3, -0.25) is 29.9 Å². The van der Waals surface area contributed by atoms with Crippen molar-refractivity contribution in [2.75, 3.05) is 12.0 Å². The van der Waals surface area contributed by atoms with Crippen molar-refractivity contribution in [1.82, 2.24) is 0 Å². The molecule has 12 heteroatoms. The normalized spacial score (nSPS) is 14.2. The molecule has 0 saturated carbocycles. The van der Waals surface area contributed by atoms with E-state index in [1.54, 1.807) is 24.3 Å². The number of methoxy groups -OCH3 is 1. The average molecular weight is 560 g/mol. The molecule has 1 aliphatic rings. The van der Waals surface area contributed by atoms with Crippen LogP contribution < -0.4 is 14.4 Å². The molecule has 1 heterocycles. The van der Waals surface area contributed by atoms with Gasteiger partial charge < -0.3 is 9.47 Å². The number of nitro benzene ring substituents is 2. The number of carbonyl (C=O) groups is 1. The third kappa shape index (κ3) is 4.90. The number of thiocarbonyl (C=S) groups is 1. The topological polar surface area (TPSA) is 125 Å². The van der Waals surface area contributed by atoms with E-state index in [4.69, 9.17) is 21.7 Å². The molecule has 39 heavy (non-hydrogen) atoms. The Morgan fingerprint density at radius 1 is 0.923 bits per heavy atom. The number of thioether (sulfide) groups is 1. The van der Waals surface area contributed by atoms with Crippen LogP contribution in [0, 0.1) is 20.2 Å². The van der Waals surface area contributed by atoms with E-state index in [1.807, 2.05) is 42.5 Å². The highest BCUT2D eigenvalue weighted by Gasteiger charge is 2.34. The maximum Gasteiger partial charge on any atom is 0.318 e. The van der Waals surface area contributed by atoms with Crippen molar-refractivity contribution < 1.29 is 24.1 Å². The summed E-state index contributed by atoms with van der Waals surface area (Å²) in [6.07, 6.45) is 1.57. The third-order valence-electron chi connectivity index (χ3n) is 5.88. The molecule has 4 aromatic carbocycles. The maximum atomic E-state index is 13.6. The zero-order valence-corrected chi connectivity index (χ0v) is 21.7. The molecule has 0 aromatic heterocycles. The third-order valence-corrected chi connectivity index (χ3v) is 7.18. The molecular weight excluding hydrogens is 542 g/mol. The quantitative estimate of drug-likeness (QED) is 0.103. The van der Waals surface area contributed by atoms with Gasteiger partial charge in [-0.15, -0.1) is 0 Å². The summed E-state index contributed by atoms with van der Waals surface area (Å²) < 4.78 is 11.7. The Hall–Kier alpha value is -4.81. The molecule has 1 aliphatic heterocycles. The minimum atomic E-state index is -0.771. The summed E-state index contributed by atoms with van der Waals surface area (Å²) >= 11 is 6.67. The molecule has 0 N–H and O–H groups in total. The van der Waals surface area contributed by atoms with Crippen LogP contribution in [0.1, 0.15) is 5.56 Å². The first-order valence-electron chi connectivity index (χ1n) is 11.3. The molecular formula is C27H17N3O7S2. The van der Waals surface area contributed by atoms with E-state index >= 15 is 0 Å². The van der Waals surface area contributed by atoms with E-state index < -0.39 is 21.2 Å². The Labute approximate surface area is 230 Å². The molecule has 1 saturated heterocycles. The van der Waals surface area contributed by atoms with E-state index in [9.17, 15) is 25.0 Å². The van der Waals surface area contributed by atoms with Gasteiger partial charge in [0.1, 0.15) is 0 Å². The zero-order valence-electron chi connectivity index (χ0n) is 20.1. The van der Waals surface area contributed by atoms with Gasteiger partial charge in [0.2, 0.25) is 5.75 Å². The predicted molar refractivity (Wildman–Crippen MR) is 152 cm³/mol. The summed E-state index contributed by atoms with van der Waals surface area (Å²) in [6, 6.07) is 21.3. The first-order chi connectivity index (χ1) is 18.8. The van der Waals surface area contributed by atoms with Crippen molar-refractivity contribution in [3.05, 3.63) is 110 Å². The highest BCUT2D eigenvalue weighted by molar-refractivity contribution is 8.27. The fourth-order valence-corrected chi connectivity index (χ4v) is 5.37. The standard InChI is InChI=1S/C27H17N3O7S2/c1-36-23-11-5-8-17(25(23)37-22-13-12-18(29(32)33)15-21(22)30(34)35)14-24-26(31)28(27(38)39-24)20-10-4-7-16-6-2-3-9-19(16)20/h2-15H,1H3/b24-14-. The lowest BCUT2D eigenvalue weighted by molar-refractivity contribution is -0.394. The Kier molecular flexibility index (Phi) is 6.96. The molecule has 4 aromatic rings. The van der Waals surface area contributed by atoms with Gasteiger partial charge in [0.05, 0.1) is 33.6 Å². The number of benzene rings is 4. The van der Waals surface area contributed by atoms with Gasteiger partial charge in [0.15, 0.2) is 15.8 Å². The number of anilines is 1. The van der Waals surface area contributed by atoms with Crippen LogP contribution in [0.15, 0.2) is 83.8 Å². The van der Waals surface area contributed by atoms with Crippen molar-refractivity contribution in [2.45, 2.75) is 0 Å². The highest BCUT2D eigenvalue weighted by atomic mass is 32.2. The number of ether oxygens (including phenoxy) is 2. The molecule has 0 aliphatic carbocycles. The number of carbonyl (C=O) groups excluding carboxylic acids is 1. The molecule has 0 bridgehead atoms. The smallest absolute Gasteiger partial charge is 0.318 e. The van der Waals surface area contributed by atoms with Crippen molar-refractivity contribution in [3.63, 3.8) is 0 Å². The van der Waals surface area contributed by atoms with Crippen molar-refractivity contribution in [2.24, 2.45) is 0 Å². The number of nitrogens with zero attached hydrogens (tertiary/aromatic N) is 3. The van der Waals surface area contributed by atoms with Gasteiger partial charge in [-0.2, -0.15) is 0 Å². The van der Waals surface area contributed by atoms with E-state index in [0.29, 0.717) is 20.5 Å². The van der Waals surface area contributed by atoms with Gasteiger partial charge >= 0.3 is 5.69 Å². The van der Waals surface area contributed by atoms with Gasteiger partial charge in [-0.25, -0.2) is 0 Å². The van der Waals surface area contributed by atoms with E-state index in [0.717, 1.165) is 40.7 Å². The second-order valence-electron chi connectivity index (χ2n) is 8.16. The Bertz CT molecular complexity index is 1720. The fourth-order valence-electron chi connectivity index (χ4n) is 4.09. The minimum absolute atomic E-state index is 0.0902. The Morgan fingerprint density at radius 2 is 1.67 bits per heavy atom. The van der Waals surface area contributed by atoms with Crippen LogP contribution in [-0.2, 0) is 4.79 Å². The molecule has 10 nitrogen and oxygen atoms in total. The van der Waals surface area contributed by atoms with Crippen LogP contribution in [0.4, 0.5) is 17.1 Å². The van der Waals surface area contributed by atoms with Crippen LogP contribution in [-0.4, -0.2) is 27.2 Å². The molecule has 0 spiro atoms. The number of rotatable bonds is 7. The van der Waals surface area contributed by atoms with Crippen LogP contribution in [0.25, 0.3) is 16.8 Å². The number of nitro groups is 2. The number of amides is 1. The molecule has 194 valence electrons. The lowest BCUT2D eigenvalue weighted by Gasteiger charge is -2.17. The number of non-ortho nitro benzene ring substituents is 1. The zero-order chi connectivity index (χ0) is 27.7. The van der Waals surface area contributed by atoms with Gasteiger partial charge in [-0.1, -0.05) is 72.5 Å². The van der Waals surface area contributed by atoms with Crippen LogP contribution >= 0.6 is 24.0 Å². The number of para-hydroxylation sites is 1. The fraction of sp³-hybridized carbons (Fsp3) is 0.0370. The van der Waals surface area contributed by atoms with Crippen molar-refractivity contribution in [1.29, 1.82) is 0 Å². The SMILES string of the molecule is COc1cccc(/C=C2\SC(=S)N(c3cccc4ccccc34)C2=O)c1Oc1ccc([N+](=O)[O-])cc1[N+](=O)[O-]. The molecule has 0 radical (unpaired) electrons.